The molecule has 2 aromatic heterocycles. The van der Waals surface area contributed by atoms with Crippen LogP contribution in [-0.2, 0) is 0 Å². The molecule has 1 aliphatic heterocycles. The molecule has 5 rings (SSSR count). The summed E-state index contributed by atoms with van der Waals surface area (Å²) in [6, 6.07) is 17.2. The number of hydrogen-bond donors (Lipinski definition) is 0. The van der Waals surface area contributed by atoms with Gasteiger partial charge in [0, 0.05) is 11.4 Å². The lowest BCUT2D eigenvalue weighted by Crippen LogP contribution is -2.18. The lowest BCUT2D eigenvalue weighted by atomic mass is 10.0. The largest absolute Gasteiger partial charge is 0.463 e. The smallest absolute Gasteiger partial charge is 0.208 e. The minimum Gasteiger partial charge on any atom is -0.463 e. The van der Waals surface area contributed by atoms with Crippen LogP contribution in [0.15, 0.2) is 86.7 Å². The van der Waals surface area contributed by atoms with Gasteiger partial charge in [-0.2, -0.15) is 5.10 Å². The summed E-state index contributed by atoms with van der Waals surface area (Å²) in [5, 5.41) is 17.3. The van der Waals surface area contributed by atoms with E-state index in [-0.39, 0.29) is 11.9 Å². The van der Waals surface area contributed by atoms with Gasteiger partial charge < -0.3 is 4.42 Å². The van der Waals surface area contributed by atoms with Crippen molar-refractivity contribution in [2.75, 3.05) is 5.01 Å². The standard InChI is InChI=1S/C23H17ClFN5OS/c1-14-22(28-27-18-10-6-16(24)7-11-18)32-23(26-14)30-20(15-4-8-17(25)9-5-15)13-19(29-30)21-3-2-12-31-21/h2-12,20H,13H2,1H3/t20-/m0/s1. The van der Waals surface area contributed by atoms with Crippen molar-refractivity contribution in [1.29, 1.82) is 0 Å². The minimum absolute atomic E-state index is 0.137. The number of rotatable bonds is 5. The van der Waals surface area contributed by atoms with E-state index < -0.39 is 0 Å². The predicted molar refractivity (Wildman–Crippen MR) is 124 cm³/mol. The molecule has 0 fully saturated rings. The van der Waals surface area contributed by atoms with Crippen LogP contribution in [0.1, 0.15) is 29.5 Å². The number of aromatic nitrogens is 1. The van der Waals surface area contributed by atoms with Crippen LogP contribution in [0.2, 0.25) is 5.02 Å². The van der Waals surface area contributed by atoms with E-state index in [1.54, 1.807) is 42.7 Å². The van der Waals surface area contributed by atoms with Crippen molar-refractivity contribution >= 4 is 44.5 Å². The Labute approximate surface area is 192 Å². The molecule has 3 heterocycles. The Morgan fingerprint density at radius 3 is 2.59 bits per heavy atom. The number of benzene rings is 2. The summed E-state index contributed by atoms with van der Waals surface area (Å²) in [5.41, 5.74) is 3.20. The van der Waals surface area contributed by atoms with Crippen molar-refractivity contribution in [3.8, 4) is 0 Å². The van der Waals surface area contributed by atoms with Crippen LogP contribution in [0, 0.1) is 12.7 Å². The maximum atomic E-state index is 13.5. The Kier molecular flexibility index (Phi) is 5.55. The molecule has 32 heavy (non-hydrogen) atoms. The number of thiazole rings is 1. The number of halogens is 2. The van der Waals surface area contributed by atoms with Crippen molar-refractivity contribution in [3.63, 3.8) is 0 Å². The van der Waals surface area contributed by atoms with Crippen LogP contribution in [0.5, 0.6) is 0 Å². The van der Waals surface area contributed by atoms with Crippen LogP contribution in [0.25, 0.3) is 0 Å². The van der Waals surface area contributed by atoms with Gasteiger partial charge in [-0.1, -0.05) is 35.1 Å². The molecule has 0 amide bonds. The first-order valence-corrected chi connectivity index (χ1v) is 11.1. The first-order chi connectivity index (χ1) is 15.6. The number of aryl methyl sites for hydroxylation is 1. The molecule has 2 aromatic carbocycles. The predicted octanol–water partition coefficient (Wildman–Crippen LogP) is 7.61. The molecule has 1 aliphatic rings. The molecule has 0 radical (unpaired) electrons. The summed E-state index contributed by atoms with van der Waals surface area (Å²) in [4.78, 5) is 4.69. The zero-order valence-corrected chi connectivity index (χ0v) is 18.5. The van der Waals surface area contributed by atoms with Crippen molar-refractivity contribution in [2.45, 2.75) is 19.4 Å². The number of hydrazone groups is 1. The van der Waals surface area contributed by atoms with E-state index in [1.165, 1.54) is 23.5 Å². The molecule has 6 nitrogen and oxygen atoms in total. The van der Waals surface area contributed by atoms with E-state index in [4.69, 9.17) is 21.1 Å². The summed E-state index contributed by atoms with van der Waals surface area (Å²) in [7, 11) is 0. The molecule has 4 aromatic rings. The zero-order valence-electron chi connectivity index (χ0n) is 16.9. The van der Waals surface area contributed by atoms with Gasteiger partial charge in [-0.05, 0) is 61.0 Å². The normalized spacial score (nSPS) is 16.2. The van der Waals surface area contributed by atoms with Crippen molar-refractivity contribution < 1.29 is 8.81 Å². The SMILES string of the molecule is Cc1nc(N2N=C(c3ccco3)C[C@H]2c2ccc(F)cc2)sc1N=Nc1ccc(Cl)cc1. The maximum Gasteiger partial charge on any atom is 0.208 e. The number of azo groups is 1. The van der Waals surface area contributed by atoms with Crippen LogP contribution >= 0.6 is 22.9 Å². The Hall–Kier alpha value is -3.36. The number of furan rings is 1. The quantitative estimate of drug-likeness (QED) is 0.285. The summed E-state index contributed by atoms with van der Waals surface area (Å²) in [6.45, 7) is 1.89. The van der Waals surface area contributed by atoms with E-state index in [0.29, 0.717) is 33.0 Å². The summed E-state index contributed by atoms with van der Waals surface area (Å²) in [5.74, 6) is 0.427. The minimum atomic E-state index is -0.277. The highest BCUT2D eigenvalue weighted by Gasteiger charge is 2.33. The van der Waals surface area contributed by atoms with Gasteiger partial charge in [0.2, 0.25) is 5.13 Å². The van der Waals surface area contributed by atoms with E-state index in [2.05, 4.69) is 15.2 Å². The van der Waals surface area contributed by atoms with Crippen LogP contribution in [-0.4, -0.2) is 10.7 Å². The van der Waals surface area contributed by atoms with Gasteiger partial charge in [0.15, 0.2) is 5.00 Å². The van der Waals surface area contributed by atoms with Gasteiger partial charge in [0.1, 0.15) is 17.3 Å². The summed E-state index contributed by atoms with van der Waals surface area (Å²) < 4.78 is 19.1. The molecule has 1 atom stereocenters. The molecular weight excluding hydrogens is 449 g/mol. The third-order valence-electron chi connectivity index (χ3n) is 5.01. The number of anilines is 1. The second-order valence-corrected chi connectivity index (χ2v) is 8.60. The van der Waals surface area contributed by atoms with Crippen molar-refractivity contribution in [2.24, 2.45) is 15.3 Å². The lowest BCUT2D eigenvalue weighted by Gasteiger charge is -2.21. The Balaban J connectivity index is 1.48. The summed E-state index contributed by atoms with van der Waals surface area (Å²) in [6.07, 6.45) is 2.23. The van der Waals surface area contributed by atoms with Gasteiger partial charge in [0.05, 0.1) is 23.7 Å². The number of nitrogens with zero attached hydrogens (tertiary/aromatic N) is 5. The van der Waals surface area contributed by atoms with E-state index in [9.17, 15) is 4.39 Å². The molecule has 160 valence electrons. The first-order valence-electron chi connectivity index (χ1n) is 9.87. The maximum absolute atomic E-state index is 13.5. The molecule has 0 spiro atoms. The molecule has 0 N–H and O–H groups in total. The molecule has 0 saturated heterocycles. The molecule has 9 heteroatoms. The highest BCUT2D eigenvalue weighted by atomic mass is 35.5. The Morgan fingerprint density at radius 2 is 1.88 bits per heavy atom. The molecule has 0 unspecified atom stereocenters. The number of hydrogen-bond acceptors (Lipinski definition) is 7. The Bertz CT molecular complexity index is 1280. The fourth-order valence-corrected chi connectivity index (χ4v) is 4.42. The van der Waals surface area contributed by atoms with Crippen molar-refractivity contribution in [1.82, 2.24) is 4.98 Å². The van der Waals surface area contributed by atoms with Crippen LogP contribution < -0.4 is 5.01 Å². The summed E-state index contributed by atoms with van der Waals surface area (Å²) >= 11 is 7.32. The van der Waals surface area contributed by atoms with Gasteiger partial charge >= 0.3 is 0 Å². The zero-order chi connectivity index (χ0) is 22.1. The monoisotopic (exact) mass is 465 g/mol. The third kappa shape index (κ3) is 4.19. The molecule has 0 bridgehead atoms. The van der Waals surface area contributed by atoms with Crippen LogP contribution in [0.4, 0.5) is 20.2 Å². The second-order valence-electron chi connectivity index (χ2n) is 7.20. The molecule has 0 saturated carbocycles. The first kappa shape index (κ1) is 20.5. The highest BCUT2D eigenvalue weighted by molar-refractivity contribution is 7.19. The van der Waals surface area contributed by atoms with Gasteiger partial charge in [-0.3, -0.25) is 0 Å². The average Bonchev–Trinajstić information content (AvgIpc) is 3.54. The second kappa shape index (κ2) is 8.64. The Morgan fingerprint density at radius 1 is 1.09 bits per heavy atom. The van der Waals surface area contributed by atoms with Crippen LogP contribution in [0.3, 0.4) is 0 Å². The van der Waals surface area contributed by atoms with Gasteiger partial charge in [0.25, 0.3) is 0 Å². The lowest BCUT2D eigenvalue weighted by molar-refractivity contribution is 0.556. The van der Waals surface area contributed by atoms with E-state index in [0.717, 1.165) is 17.0 Å². The highest BCUT2D eigenvalue weighted by Crippen LogP contribution is 2.42. The van der Waals surface area contributed by atoms with Gasteiger partial charge in [-0.25, -0.2) is 14.4 Å². The van der Waals surface area contributed by atoms with Crippen molar-refractivity contribution in [3.05, 3.63) is 94.8 Å². The molecular formula is C23H17ClFN5OS. The topological polar surface area (TPSA) is 66.3 Å². The fourth-order valence-electron chi connectivity index (χ4n) is 3.40. The van der Waals surface area contributed by atoms with Gasteiger partial charge in [-0.15, -0.1) is 10.2 Å². The average molecular weight is 466 g/mol. The molecule has 0 aliphatic carbocycles. The van der Waals surface area contributed by atoms with E-state index >= 15 is 0 Å². The van der Waals surface area contributed by atoms with E-state index in [1.807, 2.05) is 24.1 Å². The fraction of sp³-hybridized carbons (Fsp3) is 0.130. The third-order valence-corrected chi connectivity index (χ3v) is 6.29.